The first kappa shape index (κ1) is 20.4. The van der Waals surface area contributed by atoms with E-state index >= 15 is 0 Å². The monoisotopic (exact) mass is 434 g/mol. The highest BCUT2D eigenvalue weighted by Crippen LogP contribution is 2.44. The second kappa shape index (κ2) is 7.86. The molecule has 0 saturated carbocycles. The molecule has 1 heterocycles. The maximum absolute atomic E-state index is 13.4. The van der Waals surface area contributed by atoms with Gasteiger partial charge in [-0.05, 0) is 47.7 Å². The summed E-state index contributed by atoms with van der Waals surface area (Å²) in [5.41, 5.74) is 4.07. The number of nitrogens with one attached hydrogen (secondary N) is 2. The Morgan fingerprint density at radius 3 is 2.09 bits per heavy atom. The first-order chi connectivity index (χ1) is 15.4. The minimum absolute atomic E-state index is 0.00203. The molecule has 0 unspecified atom stereocenters. The Morgan fingerprint density at radius 2 is 1.41 bits per heavy atom. The lowest BCUT2D eigenvalue weighted by molar-refractivity contribution is -0.137. The van der Waals surface area contributed by atoms with E-state index in [1.54, 1.807) is 0 Å². The van der Waals surface area contributed by atoms with Crippen molar-refractivity contribution >= 4 is 17.2 Å². The lowest BCUT2D eigenvalue weighted by atomic mass is 9.78. The van der Waals surface area contributed by atoms with Crippen LogP contribution in [0.5, 0.6) is 0 Å². The number of benzene rings is 3. The van der Waals surface area contributed by atoms with Crippen LogP contribution in [-0.2, 0) is 11.0 Å². The van der Waals surface area contributed by atoms with Crippen molar-refractivity contribution < 1.29 is 18.0 Å². The molecule has 3 aromatic rings. The van der Waals surface area contributed by atoms with Gasteiger partial charge in [0.2, 0.25) is 0 Å². The van der Waals surface area contributed by atoms with Gasteiger partial charge >= 0.3 is 6.18 Å². The third kappa shape index (κ3) is 3.77. The Bertz CT molecular complexity index is 1180. The van der Waals surface area contributed by atoms with E-state index in [1.165, 1.54) is 12.1 Å². The number of halogens is 3. The normalized spacial score (nSPS) is 20.5. The Morgan fingerprint density at radius 1 is 0.750 bits per heavy atom. The summed E-state index contributed by atoms with van der Waals surface area (Å²) in [5, 5.41) is 6.84. The second-order valence-electron chi connectivity index (χ2n) is 8.20. The van der Waals surface area contributed by atoms with Crippen molar-refractivity contribution in [3.05, 3.63) is 107 Å². The first-order valence-corrected chi connectivity index (χ1v) is 10.5. The molecular formula is C26H21F3N2O. The minimum Gasteiger partial charge on any atom is -0.372 e. The van der Waals surface area contributed by atoms with Gasteiger partial charge < -0.3 is 10.6 Å². The number of carbonyl (C=O) groups excluding carboxylic acids is 1. The lowest BCUT2D eigenvalue weighted by Crippen LogP contribution is -2.27. The summed E-state index contributed by atoms with van der Waals surface area (Å²) in [6, 6.07) is 22.1. The van der Waals surface area contributed by atoms with Gasteiger partial charge in [0.25, 0.3) is 0 Å². The van der Waals surface area contributed by atoms with E-state index in [0.717, 1.165) is 34.8 Å². The zero-order valence-corrected chi connectivity index (χ0v) is 17.1. The van der Waals surface area contributed by atoms with Crippen molar-refractivity contribution in [3.63, 3.8) is 0 Å². The minimum atomic E-state index is -4.41. The molecule has 1 aliphatic heterocycles. The number of allylic oxidation sites excluding steroid dienone is 1. The van der Waals surface area contributed by atoms with Gasteiger partial charge in [-0.2, -0.15) is 13.2 Å². The van der Waals surface area contributed by atoms with E-state index in [0.29, 0.717) is 24.0 Å². The van der Waals surface area contributed by atoms with E-state index in [4.69, 9.17) is 0 Å². The maximum atomic E-state index is 13.4. The molecule has 2 N–H and O–H groups in total. The molecule has 0 saturated heterocycles. The molecule has 0 fully saturated rings. The molecule has 0 radical (unpaired) electrons. The molecule has 2 aliphatic rings. The van der Waals surface area contributed by atoms with E-state index in [-0.39, 0.29) is 11.7 Å². The molecule has 1 aliphatic carbocycles. The van der Waals surface area contributed by atoms with E-state index < -0.39 is 17.8 Å². The quantitative estimate of drug-likeness (QED) is 0.472. The molecule has 162 valence electrons. The number of carbonyl (C=O) groups is 1. The third-order valence-electron chi connectivity index (χ3n) is 6.15. The van der Waals surface area contributed by atoms with Gasteiger partial charge in [0.05, 0.1) is 23.0 Å². The number of rotatable bonds is 2. The number of anilines is 2. The van der Waals surface area contributed by atoms with Gasteiger partial charge in [-0.1, -0.05) is 54.6 Å². The summed E-state index contributed by atoms with van der Waals surface area (Å²) >= 11 is 0. The highest BCUT2D eigenvalue weighted by Gasteiger charge is 2.36. The predicted octanol–water partition coefficient (Wildman–Crippen LogP) is 6.68. The van der Waals surface area contributed by atoms with Crippen LogP contribution in [0, 0.1) is 0 Å². The van der Waals surface area contributed by atoms with E-state index in [1.807, 2.05) is 54.6 Å². The number of hydrogen-bond donors (Lipinski definition) is 2. The number of fused-ring (bicyclic) bond motifs is 1. The van der Waals surface area contributed by atoms with Crippen molar-refractivity contribution in [2.24, 2.45) is 0 Å². The van der Waals surface area contributed by atoms with E-state index in [9.17, 15) is 18.0 Å². The summed E-state index contributed by atoms with van der Waals surface area (Å²) in [6.45, 7) is 0. The van der Waals surface area contributed by atoms with Crippen LogP contribution >= 0.6 is 0 Å². The van der Waals surface area contributed by atoms with Gasteiger partial charge in [-0.15, -0.1) is 0 Å². The number of para-hydroxylation sites is 2. The maximum Gasteiger partial charge on any atom is 0.416 e. The molecule has 0 aromatic heterocycles. The predicted molar refractivity (Wildman–Crippen MR) is 118 cm³/mol. The molecule has 32 heavy (non-hydrogen) atoms. The number of Topliss-reactive ketones (excluding diaryl/α,β-unsaturated/α-hetero) is 1. The number of hydrogen-bond acceptors (Lipinski definition) is 3. The fourth-order valence-electron chi connectivity index (χ4n) is 4.57. The molecule has 0 bridgehead atoms. The van der Waals surface area contributed by atoms with Crippen molar-refractivity contribution in [1.29, 1.82) is 0 Å². The van der Waals surface area contributed by atoms with Crippen LogP contribution in [0.2, 0.25) is 0 Å². The van der Waals surface area contributed by atoms with Crippen LogP contribution in [0.25, 0.3) is 0 Å². The Kier molecular flexibility index (Phi) is 5.00. The van der Waals surface area contributed by atoms with Gasteiger partial charge in [-0.25, -0.2) is 0 Å². The smallest absolute Gasteiger partial charge is 0.372 e. The molecular weight excluding hydrogens is 413 g/mol. The third-order valence-corrected chi connectivity index (χ3v) is 6.15. The fraction of sp³-hybridized carbons (Fsp3) is 0.192. The van der Waals surface area contributed by atoms with E-state index in [2.05, 4.69) is 10.6 Å². The average molecular weight is 434 g/mol. The molecule has 3 nitrogen and oxygen atoms in total. The zero-order chi connectivity index (χ0) is 22.3. The standard InChI is InChI=1S/C26H21F3N2O/c27-26(28,29)19-12-10-17(11-13-19)25-24-22(30-20-8-4-5-9-21(20)31-25)14-18(15-23(24)32)16-6-2-1-3-7-16/h1-13,18,25,30-31H,14-15H2/t18-,25-/m1/s1. The first-order valence-electron chi connectivity index (χ1n) is 10.5. The highest BCUT2D eigenvalue weighted by atomic mass is 19.4. The van der Waals surface area contributed by atoms with Crippen LogP contribution in [-0.4, -0.2) is 5.78 Å². The Balaban J connectivity index is 1.59. The lowest BCUT2D eigenvalue weighted by Gasteiger charge is -2.30. The summed E-state index contributed by atoms with van der Waals surface area (Å²) in [4.78, 5) is 13.4. The fourth-order valence-corrected chi connectivity index (χ4v) is 4.57. The highest BCUT2D eigenvalue weighted by molar-refractivity contribution is 6.01. The van der Waals surface area contributed by atoms with Crippen LogP contribution in [0.15, 0.2) is 90.1 Å². The molecule has 0 amide bonds. The van der Waals surface area contributed by atoms with Crippen LogP contribution in [0.1, 0.15) is 41.5 Å². The molecule has 5 rings (SSSR count). The van der Waals surface area contributed by atoms with Gasteiger partial charge in [0.15, 0.2) is 5.78 Å². The second-order valence-corrected chi connectivity index (χ2v) is 8.20. The molecule has 0 spiro atoms. The van der Waals surface area contributed by atoms with Crippen LogP contribution in [0.3, 0.4) is 0 Å². The van der Waals surface area contributed by atoms with Crippen molar-refractivity contribution in [3.8, 4) is 0 Å². The summed E-state index contributed by atoms with van der Waals surface area (Å²) in [6.07, 6.45) is -3.39. The topological polar surface area (TPSA) is 41.1 Å². The van der Waals surface area contributed by atoms with Crippen LogP contribution < -0.4 is 10.6 Å². The van der Waals surface area contributed by atoms with Crippen molar-refractivity contribution in [1.82, 2.24) is 0 Å². The molecule has 6 heteroatoms. The number of ketones is 1. The van der Waals surface area contributed by atoms with Gasteiger partial charge in [0.1, 0.15) is 0 Å². The Hall–Kier alpha value is -3.54. The van der Waals surface area contributed by atoms with Crippen molar-refractivity contribution in [2.75, 3.05) is 10.6 Å². The van der Waals surface area contributed by atoms with Gasteiger partial charge in [-0.3, -0.25) is 4.79 Å². The average Bonchev–Trinajstić information content (AvgIpc) is 2.96. The SMILES string of the molecule is O=C1C[C@H](c2ccccc2)CC2=C1[C@@H](c1ccc(C(F)(F)F)cc1)Nc1ccccc1N2. The summed E-state index contributed by atoms with van der Waals surface area (Å²) < 4.78 is 39.2. The summed E-state index contributed by atoms with van der Waals surface area (Å²) in [5.74, 6) is 0.0475. The summed E-state index contributed by atoms with van der Waals surface area (Å²) in [7, 11) is 0. The van der Waals surface area contributed by atoms with Crippen molar-refractivity contribution in [2.45, 2.75) is 31.0 Å². The van der Waals surface area contributed by atoms with Crippen LogP contribution in [0.4, 0.5) is 24.5 Å². The Labute approximate surface area is 184 Å². The molecule has 2 atom stereocenters. The zero-order valence-electron chi connectivity index (χ0n) is 17.1. The number of alkyl halides is 3. The molecule has 3 aromatic carbocycles. The largest absolute Gasteiger partial charge is 0.416 e. The van der Waals surface area contributed by atoms with Gasteiger partial charge in [0, 0.05) is 17.7 Å².